The van der Waals surface area contributed by atoms with E-state index in [4.69, 9.17) is 43.4 Å². The second-order valence-electron chi connectivity index (χ2n) is 7.53. The third kappa shape index (κ3) is 7.81. The van der Waals surface area contributed by atoms with Gasteiger partial charge in [-0.2, -0.15) is 0 Å². The van der Waals surface area contributed by atoms with Crippen molar-refractivity contribution in [1.29, 1.82) is 0 Å². The van der Waals surface area contributed by atoms with E-state index in [0.717, 1.165) is 0 Å². The molecule has 0 aromatic rings. The highest BCUT2D eigenvalue weighted by Crippen LogP contribution is 2.32. The zero-order valence-corrected chi connectivity index (χ0v) is 17.4. The van der Waals surface area contributed by atoms with E-state index in [-0.39, 0.29) is 0 Å². The summed E-state index contributed by atoms with van der Waals surface area (Å²) in [4.78, 5) is 0. The summed E-state index contributed by atoms with van der Waals surface area (Å²) >= 11 is 0. The molecule has 0 bridgehead atoms. The SMILES string of the molecule is C#CC(C)(C)O[Si](OC(C)(C)C#C)(OC(C)(C)C#C)OC(C)(C)C#C. The number of terminal acetylenes is 4. The molecule has 0 saturated heterocycles. The smallest absolute Gasteiger partial charge is 0.335 e. The van der Waals surface area contributed by atoms with E-state index < -0.39 is 31.5 Å². The van der Waals surface area contributed by atoms with Crippen LogP contribution in [0.2, 0.25) is 0 Å². The summed E-state index contributed by atoms with van der Waals surface area (Å²) in [5.74, 6) is 10.1. The first-order valence-corrected chi connectivity index (χ1v) is 9.42. The summed E-state index contributed by atoms with van der Waals surface area (Å²) < 4.78 is 24.1. The first-order valence-electron chi connectivity index (χ1n) is 7.79. The Morgan fingerprint density at radius 3 is 0.760 bits per heavy atom. The van der Waals surface area contributed by atoms with Crippen LogP contribution in [0.4, 0.5) is 0 Å². The van der Waals surface area contributed by atoms with Gasteiger partial charge in [-0.25, -0.2) is 0 Å². The number of hydrogen-bond acceptors (Lipinski definition) is 4. The lowest BCUT2D eigenvalue weighted by Gasteiger charge is -2.42. The third-order valence-electron chi connectivity index (χ3n) is 2.91. The van der Waals surface area contributed by atoms with E-state index in [1.165, 1.54) is 0 Å². The van der Waals surface area contributed by atoms with Crippen LogP contribution in [-0.4, -0.2) is 31.5 Å². The Morgan fingerprint density at radius 2 is 0.640 bits per heavy atom. The van der Waals surface area contributed by atoms with Gasteiger partial charge in [0.2, 0.25) is 0 Å². The minimum atomic E-state index is -3.99. The van der Waals surface area contributed by atoms with Gasteiger partial charge < -0.3 is 17.7 Å². The maximum absolute atomic E-state index is 6.04. The molecule has 0 aliphatic heterocycles. The van der Waals surface area contributed by atoms with Gasteiger partial charge in [0, 0.05) is 0 Å². The van der Waals surface area contributed by atoms with Gasteiger partial charge in [0.05, 0.1) is 0 Å². The molecule has 0 aliphatic carbocycles. The molecule has 0 aromatic heterocycles. The van der Waals surface area contributed by atoms with E-state index in [0.29, 0.717) is 0 Å². The maximum atomic E-state index is 6.04. The third-order valence-corrected chi connectivity index (χ3v) is 5.95. The maximum Gasteiger partial charge on any atom is 0.684 e. The van der Waals surface area contributed by atoms with E-state index in [2.05, 4.69) is 23.7 Å². The lowest BCUT2D eigenvalue weighted by molar-refractivity contribution is -0.131. The molecule has 0 aliphatic rings. The molecule has 0 unspecified atom stereocenters. The molecule has 4 nitrogen and oxygen atoms in total. The molecule has 5 heteroatoms. The van der Waals surface area contributed by atoms with Gasteiger partial charge in [0.15, 0.2) is 0 Å². The van der Waals surface area contributed by atoms with Crippen molar-refractivity contribution in [2.45, 2.75) is 77.8 Å². The Labute approximate surface area is 154 Å². The van der Waals surface area contributed by atoms with Gasteiger partial charge in [-0.3, -0.25) is 0 Å². The van der Waals surface area contributed by atoms with Crippen molar-refractivity contribution in [2.75, 3.05) is 0 Å². The first kappa shape index (κ1) is 23.3. The Hall–Kier alpha value is -1.70. The molecule has 25 heavy (non-hydrogen) atoms. The normalized spacial score (nSPS) is 13.3. The van der Waals surface area contributed by atoms with Crippen molar-refractivity contribution in [3.8, 4) is 49.4 Å². The Morgan fingerprint density at radius 1 is 0.480 bits per heavy atom. The van der Waals surface area contributed by atoms with Gasteiger partial charge in [0.25, 0.3) is 0 Å². The molecule has 0 rings (SSSR count). The minimum Gasteiger partial charge on any atom is -0.335 e. The molecular formula is C20H28O4Si. The van der Waals surface area contributed by atoms with Crippen LogP contribution in [-0.2, 0) is 17.7 Å². The fourth-order valence-corrected chi connectivity index (χ4v) is 4.48. The van der Waals surface area contributed by atoms with Crippen molar-refractivity contribution < 1.29 is 17.7 Å². The Balaban J connectivity index is 6.32. The lowest BCUT2D eigenvalue weighted by atomic mass is 10.2. The molecule has 0 heterocycles. The highest BCUT2D eigenvalue weighted by atomic mass is 28.4. The molecule has 0 saturated carbocycles. The Kier molecular flexibility index (Phi) is 7.15. The summed E-state index contributed by atoms with van der Waals surface area (Å²) in [7, 11) is -3.99. The minimum absolute atomic E-state index is 1.06. The second kappa shape index (κ2) is 7.68. The van der Waals surface area contributed by atoms with Crippen LogP contribution in [0.3, 0.4) is 0 Å². The molecule has 0 spiro atoms. The van der Waals surface area contributed by atoms with Crippen LogP contribution in [0.1, 0.15) is 55.4 Å². The van der Waals surface area contributed by atoms with Crippen LogP contribution in [0.25, 0.3) is 0 Å². The van der Waals surface area contributed by atoms with Crippen LogP contribution in [0.15, 0.2) is 0 Å². The molecular weight excluding hydrogens is 332 g/mol. The zero-order chi connectivity index (χ0) is 20.2. The predicted molar refractivity (Wildman–Crippen MR) is 102 cm³/mol. The second-order valence-corrected chi connectivity index (χ2v) is 9.34. The van der Waals surface area contributed by atoms with Gasteiger partial charge in [0.1, 0.15) is 22.4 Å². The molecule has 0 radical (unpaired) electrons. The first-order chi connectivity index (χ1) is 11.1. The predicted octanol–water partition coefficient (Wildman–Crippen LogP) is 3.14. The molecule has 0 fully saturated rings. The molecule has 0 N–H and O–H groups in total. The van der Waals surface area contributed by atoms with E-state index in [9.17, 15) is 0 Å². The average molecular weight is 361 g/mol. The van der Waals surface area contributed by atoms with Crippen molar-refractivity contribution in [3.05, 3.63) is 0 Å². The largest absolute Gasteiger partial charge is 0.684 e. The summed E-state index contributed by atoms with van der Waals surface area (Å²) in [6.07, 6.45) is 22.2. The zero-order valence-electron chi connectivity index (χ0n) is 16.4. The summed E-state index contributed by atoms with van der Waals surface area (Å²) in [6.45, 7) is 13.4. The van der Waals surface area contributed by atoms with Gasteiger partial charge >= 0.3 is 9.05 Å². The van der Waals surface area contributed by atoms with Crippen LogP contribution >= 0.6 is 0 Å². The van der Waals surface area contributed by atoms with Gasteiger partial charge in [-0.1, -0.05) is 23.7 Å². The molecule has 0 aromatic carbocycles. The van der Waals surface area contributed by atoms with E-state index in [1.807, 2.05) is 0 Å². The molecule has 0 atom stereocenters. The number of rotatable bonds is 8. The highest BCUT2D eigenvalue weighted by Gasteiger charge is 2.58. The average Bonchev–Trinajstić information content (AvgIpc) is 2.45. The molecule has 136 valence electrons. The standard InChI is InChI=1S/C20H28O4Si/c1-13-17(5,6)21-25(22-18(7,8)14-2,23-19(9,10)15-3)24-20(11,12)16-4/h1-4H,5-12H3. The fourth-order valence-electron chi connectivity index (χ4n) is 1.49. The fraction of sp³-hybridized carbons (Fsp3) is 0.600. The van der Waals surface area contributed by atoms with Crippen LogP contribution in [0.5, 0.6) is 0 Å². The summed E-state index contributed by atoms with van der Waals surface area (Å²) in [5, 5.41) is 0. The van der Waals surface area contributed by atoms with E-state index in [1.54, 1.807) is 55.4 Å². The van der Waals surface area contributed by atoms with Crippen molar-refractivity contribution in [1.82, 2.24) is 0 Å². The monoisotopic (exact) mass is 360 g/mol. The topological polar surface area (TPSA) is 36.9 Å². The van der Waals surface area contributed by atoms with Crippen LogP contribution in [0, 0.1) is 49.4 Å². The highest BCUT2D eigenvalue weighted by molar-refractivity contribution is 6.54. The summed E-state index contributed by atoms with van der Waals surface area (Å²) in [5.41, 5.74) is -4.25. The van der Waals surface area contributed by atoms with Crippen molar-refractivity contribution in [2.24, 2.45) is 0 Å². The van der Waals surface area contributed by atoms with Crippen molar-refractivity contribution in [3.63, 3.8) is 0 Å². The van der Waals surface area contributed by atoms with E-state index >= 15 is 0 Å². The van der Waals surface area contributed by atoms with Gasteiger partial charge in [-0.15, -0.1) is 25.7 Å². The van der Waals surface area contributed by atoms with Gasteiger partial charge in [-0.05, 0) is 55.4 Å². The summed E-state index contributed by atoms with van der Waals surface area (Å²) in [6, 6.07) is 0. The lowest BCUT2D eigenvalue weighted by Crippen LogP contribution is -2.62. The van der Waals surface area contributed by atoms with Crippen LogP contribution < -0.4 is 0 Å². The quantitative estimate of drug-likeness (QED) is 0.492. The Bertz CT molecular complexity index is 528. The number of hydrogen-bond donors (Lipinski definition) is 0. The van der Waals surface area contributed by atoms with Crippen molar-refractivity contribution >= 4 is 9.05 Å². The molecule has 0 amide bonds.